The topological polar surface area (TPSA) is 35.6 Å². The molecule has 1 aliphatic heterocycles. The molecule has 3 rings (SSSR count). The second kappa shape index (κ2) is 7.20. The Kier molecular flexibility index (Phi) is 5.02. The van der Waals surface area contributed by atoms with Crippen LogP contribution >= 0.6 is 11.6 Å². The maximum Gasteiger partial charge on any atom is 0.258 e. The van der Waals surface area contributed by atoms with Gasteiger partial charge in [0.25, 0.3) is 5.91 Å². The minimum Gasteiger partial charge on any atom is -0.369 e. The fourth-order valence-corrected chi connectivity index (χ4v) is 2.86. The molecule has 126 valence electrons. The second-order valence-electron chi connectivity index (χ2n) is 5.92. The van der Waals surface area contributed by atoms with Gasteiger partial charge in [0.15, 0.2) is 0 Å². The minimum atomic E-state index is -0.592. The van der Waals surface area contributed by atoms with E-state index in [9.17, 15) is 9.18 Å². The number of hydrogen-bond acceptors (Lipinski definition) is 3. The predicted octanol–water partition coefficient (Wildman–Crippen LogP) is 3.48. The summed E-state index contributed by atoms with van der Waals surface area (Å²) in [5.41, 5.74) is 1.68. The van der Waals surface area contributed by atoms with E-state index in [4.69, 9.17) is 11.6 Å². The van der Waals surface area contributed by atoms with Gasteiger partial charge in [-0.25, -0.2) is 4.39 Å². The monoisotopic (exact) mass is 347 g/mol. The van der Waals surface area contributed by atoms with Crippen LogP contribution in [0.1, 0.15) is 10.4 Å². The highest BCUT2D eigenvalue weighted by atomic mass is 35.5. The first-order valence-corrected chi connectivity index (χ1v) is 8.21. The van der Waals surface area contributed by atoms with Gasteiger partial charge in [0.1, 0.15) is 5.82 Å². The average molecular weight is 348 g/mol. The Morgan fingerprint density at radius 2 is 1.75 bits per heavy atom. The fourth-order valence-electron chi connectivity index (χ4n) is 2.69. The highest BCUT2D eigenvalue weighted by molar-refractivity contribution is 6.31. The number of rotatable bonds is 3. The molecule has 1 fully saturated rings. The zero-order valence-corrected chi connectivity index (χ0v) is 14.2. The summed E-state index contributed by atoms with van der Waals surface area (Å²) in [7, 11) is 2.12. The largest absolute Gasteiger partial charge is 0.369 e. The van der Waals surface area contributed by atoms with Gasteiger partial charge < -0.3 is 15.1 Å². The van der Waals surface area contributed by atoms with Crippen molar-refractivity contribution in [1.82, 2.24) is 4.90 Å². The van der Waals surface area contributed by atoms with E-state index in [0.29, 0.717) is 10.7 Å². The molecule has 1 N–H and O–H groups in total. The molecular weight excluding hydrogens is 329 g/mol. The van der Waals surface area contributed by atoms with Crippen LogP contribution in [0.2, 0.25) is 5.02 Å². The third-order valence-corrected chi connectivity index (χ3v) is 4.40. The predicted molar refractivity (Wildman–Crippen MR) is 95.5 cm³/mol. The number of carbonyl (C=O) groups excluding carboxylic acids is 1. The van der Waals surface area contributed by atoms with Crippen LogP contribution in [0.4, 0.5) is 15.8 Å². The molecule has 1 amide bonds. The molecule has 0 radical (unpaired) electrons. The summed E-state index contributed by atoms with van der Waals surface area (Å²) >= 11 is 5.83. The lowest BCUT2D eigenvalue weighted by atomic mass is 10.2. The van der Waals surface area contributed by atoms with Gasteiger partial charge in [-0.05, 0) is 49.5 Å². The molecule has 24 heavy (non-hydrogen) atoms. The Labute approximate surface area is 145 Å². The van der Waals surface area contributed by atoms with Crippen LogP contribution in [0.3, 0.4) is 0 Å². The third-order valence-electron chi connectivity index (χ3n) is 4.17. The van der Waals surface area contributed by atoms with Gasteiger partial charge in [0.05, 0.1) is 5.56 Å². The summed E-state index contributed by atoms with van der Waals surface area (Å²) in [6, 6.07) is 11.5. The van der Waals surface area contributed by atoms with Crippen molar-refractivity contribution in [3.05, 3.63) is 58.9 Å². The van der Waals surface area contributed by atoms with Crippen molar-refractivity contribution in [3.63, 3.8) is 0 Å². The number of nitrogens with one attached hydrogen (secondary N) is 1. The maximum absolute atomic E-state index is 13.7. The molecular formula is C18H19ClFN3O. The van der Waals surface area contributed by atoms with Gasteiger partial charge in [-0.2, -0.15) is 0 Å². The van der Waals surface area contributed by atoms with Crippen LogP contribution in [-0.2, 0) is 0 Å². The van der Waals surface area contributed by atoms with E-state index in [1.165, 1.54) is 18.2 Å². The molecule has 0 bridgehead atoms. The third kappa shape index (κ3) is 3.86. The van der Waals surface area contributed by atoms with E-state index in [2.05, 4.69) is 22.2 Å². The zero-order valence-electron chi connectivity index (χ0n) is 13.4. The highest BCUT2D eigenvalue weighted by Gasteiger charge is 2.15. The molecule has 0 aliphatic carbocycles. The summed E-state index contributed by atoms with van der Waals surface area (Å²) in [6.45, 7) is 4.03. The molecule has 4 nitrogen and oxygen atoms in total. The summed E-state index contributed by atoms with van der Waals surface area (Å²) < 4.78 is 13.7. The van der Waals surface area contributed by atoms with E-state index in [1.54, 1.807) is 0 Å². The summed E-state index contributed by atoms with van der Waals surface area (Å²) in [5.74, 6) is -1.10. The first-order chi connectivity index (χ1) is 11.5. The van der Waals surface area contributed by atoms with E-state index >= 15 is 0 Å². The van der Waals surface area contributed by atoms with Crippen molar-refractivity contribution in [2.75, 3.05) is 43.4 Å². The van der Waals surface area contributed by atoms with Crippen molar-refractivity contribution in [2.24, 2.45) is 0 Å². The molecule has 2 aromatic carbocycles. The van der Waals surface area contributed by atoms with Gasteiger partial charge in [0.2, 0.25) is 0 Å². The van der Waals surface area contributed by atoms with Gasteiger partial charge in [-0.15, -0.1) is 0 Å². The zero-order chi connectivity index (χ0) is 17.1. The van der Waals surface area contributed by atoms with E-state index in [-0.39, 0.29) is 5.56 Å². The van der Waals surface area contributed by atoms with Crippen LogP contribution in [0.25, 0.3) is 0 Å². The second-order valence-corrected chi connectivity index (χ2v) is 6.35. The van der Waals surface area contributed by atoms with Crippen LogP contribution < -0.4 is 10.2 Å². The number of carbonyl (C=O) groups is 1. The lowest BCUT2D eigenvalue weighted by Crippen LogP contribution is -2.44. The number of nitrogens with zero attached hydrogens (tertiary/aromatic N) is 2. The Hall–Kier alpha value is -2.11. The Bertz CT molecular complexity index is 728. The molecule has 6 heteroatoms. The van der Waals surface area contributed by atoms with Crippen LogP contribution in [0.5, 0.6) is 0 Å². The van der Waals surface area contributed by atoms with E-state index < -0.39 is 11.7 Å². The van der Waals surface area contributed by atoms with Gasteiger partial charge >= 0.3 is 0 Å². The lowest BCUT2D eigenvalue weighted by molar-refractivity contribution is 0.102. The number of hydrogen-bond donors (Lipinski definition) is 1. The molecule has 0 atom stereocenters. The smallest absolute Gasteiger partial charge is 0.258 e. The van der Waals surface area contributed by atoms with Gasteiger partial charge in [-0.3, -0.25) is 4.79 Å². The highest BCUT2D eigenvalue weighted by Crippen LogP contribution is 2.21. The average Bonchev–Trinajstić information content (AvgIpc) is 2.58. The standard InChI is InChI=1S/C18H19ClFN3O/c1-22-8-10-23(11-9-22)15-5-3-14(4-6-15)21-18(24)16-12-13(19)2-7-17(16)20/h2-7,12H,8-11H2,1H3,(H,21,24). The first kappa shape index (κ1) is 16.7. The van der Waals surface area contributed by atoms with Crippen LogP contribution in [-0.4, -0.2) is 44.0 Å². The van der Waals surface area contributed by atoms with Gasteiger partial charge in [0, 0.05) is 42.6 Å². The Balaban J connectivity index is 1.68. The number of piperazine rings is 1. The molecule has 0 unspecified atom stereocenters. The Morgan fingerprint density at radius 3 is 2.42 bits per heavy atom. The molecule has 1 heterocycles. The quantitative estimate of drug-likeness (QED) is 0.923. The minimum absolute atomic E-state index is 0.0642. The molecule has 0 aromatic heterocycles. The molecule has 1 saturated heterocycles. The first-order valence-electron chi connectivity index (χ1n) is 7.83. The fraction of sp³-hybridized carbons (Fsp3) is 0.278. The van der Waals surface area contributed by atoms with E-state index in [0.717, 1.165) is 31.9 Å². The molecule has 0 spiro atoms. The Morgan fingerprint density at radius 1 is 1.08 bits per heavy atom. The van der Waals surface area contributed by atoms with E-state index in [1.807, 2.05) is 24.3 Å². The lowest BCUT2D eigenvalue weighted by Gasteiger charge is -2.34. The van der Waals surface area contributed by atoms with Crippen molar-refractivity contribution < 1.29 is 9.18 Å². The normalized spacial score (nSPS) is 15.4. The summed E-state index contributed by atoms with van der Waals surface area (Å²) in [6.07, 6.45) is 0. The number of likely N-dealkylation sites (N-methyl/N-ethyl adjacent to an activating group) is 1. The van der Waals surface area contributed by atoms with Crippen LogP contribution in [0.15, 0.2) is 42.5 Å². The number of amides is 1. The molecule has 0 saturated carbocycles. The van der Waals surface area contributed by atoms with Crippen molar-refractivity contribution in [2.45, 2.75) is 0 Å². The number of benzene rings is 2. The summed E-state index contributed by atoms with van der Waals surface area (Å²) in [4.78, 5) is 16.8. The van der Waals surface area contributed by atoms with Crippen molar-refractivity contribution >= 4 is 28.9 Å². The summed E-state index contributed by atoms with van der Waals surface area (Å²) in [5, 5.41) is 3.03. The molecule has 2 aromatic rings. The van der Waals surface area contributed by atoms with Crippen molar-refractivity contribution in [3.8, 4) is 0 Å². The van der Waals surface area contributed by atoms with Crippen molar-refractivity contribution in [1.29, 1.82) is 0 Å². The van der Waals surface area contributed by atoms with Gasteiger partial charge in [-0.1, -0.05) is 11.6 Å². The maximum atomic E-state index is 13.7. The SMILES string of the molecule is CN1CCN(c2ccc(NC(=O)c3cc(Cl)ccc3F)cc2)CC1. The molecule has 1 aliphatic rings. The van der Waals surface area contributed by atoms with Crippen LogP contribution in [0, 0.1) is 5.82 Å². The number of anilines is 2. The number of halogens is 2.